The van der Waals surface area contributed by atoms with Crippen LogP contribution >= 0.6 is 11.6 Å². The standard InChI is InChI=1S/C46H71ClN4O6/c1-28(2)38-31(52)22-46(34(53)26-51(21-20-50(10)11)27-36-48-24-29(47)25-49-36)19-18-44(8)30(39(38)46)12-13-33-43(7)16-15-35(57-37(54)23-41(3,4)40(55)56)42(5,6)32(43)14-17-45(33,44)9/h24-25,28,30,32-35,53H,12-23,26-27H2,1-11H3,(H,55,56)/t30-,32+,33-,34+,35+,43+,44-,45-,46+/m1/s1. The van der Waals surface area contributed by atoms with Gasteiger partial charge in [0.05, 0.1) is 29.5 Å². The molecule has 5 aliphatic carbocycles. The summed E-state index contributed by atoms with van der Waals surface area (Å²) in [7, 11) is 4.11. The van der Waals surface area contributed by atoms with Gasteiger partial charge in [0, 0.05) is 49.3 Å². The first kappa shape index (κ1) is 44.2. The maximum atomic E-state index is 14.3. The van der Waals surface area contributed by atoms with Crippen molar-refractivity contribution < 1.29 is 29.3 Å². The normalized spacial score (nSPS) is 35.5. The third-order valence-electron chi connectivity index (χ3n) is 16.8. The van der Waals surface area contributed by atoms with Crippen LogP contribution in [0.1, 0.15) is 132 Å². The Balaban J connectivity index is 1.29. The minimum atomic E-state index is -1.18. The van der Waals surface area contributed by atoms with Gasteiger partial charge in [-0.25, -0.2) is 9.97 Å². The average molecular weight is 812 g/mol. The molecule has 0 spiro atoms. The van der Waals surface area contributed by atoms with Gasteiger partial charge in [-0.1, -0.05) is 65.6 Å². The molecule has 1 aromatic heterocycles. The minimum Gasteiger partial charge on any atom is -0.481 e. The molecule has 0 aromatic carbocycles. The maximum absolute atomic E-state index is 14.3. The van der Waals surface area contributed by atoms with Gasteiger partial charge in [-0.05, 0) is 125 Å². The zero-order valence-corrected chi connectivity index (χ0v) is 37.5. The molecule has 9 atom stereocenters. The third kappa shape index (κ3) is 7.54. The minimum absolute atomic E-state index is 0.0216. The molecule has 4 fully saturated rings. The lowest BCUT2D eigenvalue weighted by Gasteiger charge is -2.72. The number of hydrogen-bond donors (Lipinski definition) is 2. The molecule has 5 aliphatic rings. The van der Waals surface area contributed by atoms with E-state index in [0.29, 0.717) is 42.2 Å². The summed E-state index contributed by atoms with van der Waals surface area (Å²) in [6, 6.07) is 0. The van der Waals surface area contributed by atoms with E-state index in [9.17, 15) is 24.6 Å². The number of carbonyl (C=O) groups is 3. The number of fused-ring (bicyclic) bond motifs is 7. The Morgan fingerprint density at radius 3 is 2.23 bits per heavy atom. The number of hydrogen-bond acceptors (Lipinski definition) is 9. The number of Topliss-reactive ketones (excluding diaryl/α,β-unsaturated/α-hetero) is 1. The number of halogens is 1. The number of aliphatic hydroxyl groups excluding tert-OH is 1. The summed E-state index contributed by atoms with van der Waals surface area (Å²) in [6.45, 7) is 22.1. The number of nitrogens with zero attached hydrogens (tertiary/aromatic N) is 4. The Bertz CT molecular complexity index is 1740. The second-order valence-corrected chi connectivity index (χ2v) is 21.9. The number of aliphatic carboxylic acids is 1. The molecule has 10 nitrogen and oxygen atoms in total. The first-order valence-corrected chi connectivity index (χ1v) is 22.0. The van der Waals surface area contributed by atoms with E-state index in [0.717, 1.165) is 70.0 Å². The number of rotatable bonds is 13. The molecule has 0 bridgehead atoms. The lowest BCUT2D eigenvalue weighted by atomic mass is 9.33. The first-order chi connectivity index (χ1) is 26.4. The number of allylic oxidation sites excluding steroid dienone is 1. The fourth-order valence-corrected chi connectivity index (χ4v) is 13.6. The van der Waals surface area contributed by atoms with Crippen molar-refractivity contribution in [2.24, 2.45) is 56.2 Å². The van der Waals surface area contributed by atoms with Crippen LogP contribution in [0.5, 0.6) is 0 Å². The molecule has 0 amide bonds. The van der Waals surface area contributed by atoms with Gasteiger partial charge in [-0.3, -0.25) is 19.3 Å². The van der Waals surface area contributed by atoms with Crippen LogP contribution in [0.2, 0.25) is 5.02 Å². The van der Waals surface area contributed by atoms with Crippen molar-refractivity contribution in [2.45, 2.75) is 145 Å². The van der Waals surface area contributed by atoms with Gasteiger partial charge in [0.2, 0.25) is 0 Å². The van der Waals surface area contributed by atoms with Crippen LogP contribution in [0.25, 0.3) is 0 Å². The third-order valence-corrected chi connectivity index (χ3v) is 17.0. The molecule has 0 radical (unpaired) electrons. The molecule has 2 N–H and O–H groups in total. The number of likely N-dealkylation sites (N-methyl/N-ethyl adjacent to an activating group) is 1. The zero-order chi connectivity index (χ0) is 42.1. The highest BCUT2D eigenvalue weighted by atomic mass is 35.5. The molecule has 57 heavy (non-hydrogen) atoms. The highest BCUT2D eigenvalue weighted by Gasteiger charge is 2.71. The highest BCUT2D eigenvalue weighted by Crippen LogP contribution is 2.77. The summed E-state index contributed by atoms with van der Waals surface area (Å²) in [6.07, 6.45) is 10.1. The molecule has 318 valence electrons. The van der Waals surface area contributed by atoms with Gasteiger partial charge in [0.1, 0.15) is 11.9 Å². The number of ketones is 1. The van der Waals surface area contributed by atoms with Crippen LogP contribution < -0.4 is 0 Å². The molecule has 0 saturated heterocycles. The first-order valence-electron chi connectivity index (χ1n) is 21.6. The van der Waals surface area contributed by atoms with Crippen molar-refractivity contribution in [2.75, 3.05) is 33.7 Å². The van der Waals surface area contributed by atoms with E-state index >= 15 is 0 Å². The fraction of sp³-hybridized carbons (Fsp3) is 0.804. The van der Waals surface area contributed by atoms with E-state index in [1.807, 2.05) is 0 Å². The van der Waals surface area contributed by atoms with E-state index < -0.39 is 28.9 Å². The summed E-state index contributed by atoms with van der Waals surface area (Å²) in [5.41, 5.74) is 0.223. The van der Waals surface area contributed by atoms with E-state index in [1.54, 1.807) is 26.2 Å². The van der Waals surface area contributed by atoms with Crippen molar-refractivity contribution in [3.05, 3.63) is 34.4 Å². The number of carbonyl (C=O) groups excluding carboxylic acids is 2. The molecular weight excluding hydrogens is 740 g/mol. The van der Waals surface area contributed by atoms with Crippen LogP contribution in [0, 0.1) is 56.2 Å². The van der Waals surface area contributed by atoms with Gasteiger partial charge in [0.25, 0.3) is 0 Å². The molecule has 6 rings (SSSR count). The van der Waals surface area contributed by atoms with Crippen molar-refractivity contribution >= 4 is 29.3 Å². The Hall–Kier alpha value is -2.40. The second kappa shape index (κ2) is 15.6. The maximum Gasteiger partial charge on any atom is 0.309 e. The second-order valence-electron chi connectivity index (χ2n) is 21.4. The monoisotopic (exact) mass is 811 g/mol. The van der Waals surface area contributed by atoms with Crippen molar-refractivity contribution in [1.82, 2.24) is 19.8 Å². The molecule has 1 aromatic rings. The van der Waals surface area contributed by atoms with Crippen LogP contribution in [0.4, 0.5) is 0 Å². The quantitative estimate of drug-likeness (QED) is 0.188. The van der Waals surface area contributed by atoms with Gasteiger partial charge in [-0.15, -0.1) is 0 Å². The van der Waals surface area contributed by atoms with E-state index in [1.165, 1.54) is 5.57 Å². The number of carboxylic acids is 1. The highest BCUT2D eigenvalue weighted by molar-refractivity contribution is 6.30. The molecule has 0 unspecified atom stereocenters. The largest absolute Gasteiger partial charge is 0.481 e. The van der Waals surface area contributed by atoms with Crippen molar-refractivity contribution in [3.63, 3.8) is 0 Å². The summed E-state index contributed by atoms with van der Waals surface area (Å²) in [4.78, 5) is 52.6. The number of esters is 1. The summed E-state index contributed by atoms with van der Waals surface area (Å²) >= 11 is 6.12. The average Bonchev–Trinajstić information content (AvgIpc) is 3.42. The number of carboxylic acid groups (broad SMARTS) is 1. The van der Waals surface area contributed by atoms with E-state index in [2.05, 4.69) is 82.3 Å². The molecular formula is C46H71ClN4O6. The molecule has 1 heterocycles. The number of aliphatic hydroxyl groups is 1. The molecule has 11 heteroatoms. The SMILES string of the molecule is CC(C)C1=C2[C@H]3CC[C@@H]4[C@@]5(C)CC[C@H](OC(=O)CC(C)(C)C(=O)O)C(C)(C)[C@@H]5CC[C@@]4(C)[C@]3(C)CC[C@@]2([C@@H](O)CN(CCN(C)C)Cc2ncc(Cl)cn2)CC1=O. The Kier molecular flexibility index (Phi) is 12.1. The van der Waals surface area contributed by atoms with Gasteiger partial charge >= 0.3 is 11.9 Å². The number of aromatic nitrogens is 2. The van der Waals surface area contributed by atoms with Crippen molar-refractivity contribution in [3.8, 4) is 0 Å². The number of ether oxygens (including phenoxy) is 1. The summed E-state index contributed by atoms with van der Waals surface area (Å²) < 4.78 is 6.19. The summed E-state index contributed by atoms with van der Waals surface area (Å²) in [5, 5.41) is 22.8. The Morgan fingerprint density at radius 1 is 0.947 bits per heavy atom. The van der Waals surface area contributed by atoms with Crippen LogP contribution in [-0.4, -0.2) is 93.6 Å². The lowest BCUT2D eigenvalue weighted by molar-refractivity contribution is -0.235. The van der Waals surface area contributed by atoms with Crippen LogP contribution in [-0.2, 0) is 25.7 Å². The zero-order valence-electron chi connectivity index (χ0n) is 36.7. The predicted molar refractivity (Wildman–Crippen MR) is 222 cm³/mol. The summed E-state index contributed by atoms with van der Waals surface area (Å²) in [5.74, 6) is 0.559. The van der Waals surface area contributed by atoms with Gasteiger partial charge in [0.15, 0.2) is 5.78 Å². The van der Waals surface area contributed by atoms with Crippen molar-refractivity contribution in [1.29, 1.82) is 0 Å². The van der Waals surface area contributed by atoms with Crippen LogP contribution in [0.3, 0.4) is 0 Å². The topological polar surface area (TPSA) is 133 Å². The smallest absolute Gasteiger partial charge is 0.309 e. The van der Waals surface area contributed by atoms with E-state index in [4.69, 9.17) is 16.3 Å². The Labute approximate surface area is 346 Å². The molecule has 0 aliphatic heterocycles. The van der Waals surface area contributed by atoms with Crippen LogP contribution in [0.15, 0.2) is 23.5 Å². The Morgan fingerprint density at radius 2 is 1.61 bits per heavy atom. The lowest BCUT2D eigenvalue weighted by Crippen LogP contribution is -2.66. The predicted octanol–water partition coefficient (Wildman–Crippen LogP) is 8.25. The van der Waals surface area contributed by atoms with E-state index in [-0.39, 0.29) is 51.8 Å². The molecule has 4 saturated carbocycles. The van der Waals surface area contributed by atoms with Gasteiger partial charge < -0.3 is 19.8 Å². The fourth-order valence-electron chi connectivity index (χ4n) is 13.5. The van der Waals surface area contributed by atoms with Gasteiger partial charge in [-0.2, -0.15) is 0 Å².